The molecule has 0 unspecified atom stereocenters. The molecule has 2 amide bonds. The number of carbonyl (C=O) groups is 2. The highest BCUT2D eigenvalue weighted by Crippen LogP contribution is 2.32. The molecule has 0 aliphatic carbocycles. The van der Waals surface area contributed by atoms with Crippen LogP contribution in [0.1, 0.15) is 47.0 Å². The smallest absolute Gasteiger partial charge is 0.252 e. The SMILES string of the molecule is CO[C@H](C(=O)N[C@H]1CCCCNC1=O)[C@@H](O)[C@H]1OC(C)(C)O[C@@H]1/C=C/C(C)C. The lowest BCUT2D eigenvalue weighted by molar-refractivity contribution is -0.169. The molecule has 2 aliphatic rings. The van der Waals surface area contributed by atoms with Crippen LogP contribution in [0.2, 0.25) is 0 Å². The molecule has 0 aromatic rings. The van der Waals surface area contributed by atoms with Crippen LogP contribution in [0.5, 0.6) is 0 Å². The van der Waals surface area contributed by atoms with Crippen molar-refractivity contribution >= 4 is 11.8 Å². The first kappa shape index (κ1) is 22.8. The van der Waals surface area contributed by atoms with E-state index in [1.807, 2.05) is 26.0 Å². The Morgan fingerprint density at radius 2 is 2.07 bits per heavy atom. The molecule has 8 heteroatoms. The van der Waals surface area contributed by atoms with Gasteiger partial charge in [0.2, 0.25) is 5.91 Å². The maximum Gasteiger partial charge on any atom is 0.252 e. The summed E-state index contributed by atoms with van der Waals surface area (Å²) in [4.78, 5) is 24.8. The Labute approximate surface area is 167 Å². The molecule has 0 radical (unpaired) electrons. The first-order chi connectivity index (χ1) is 13.1. The monoisotopic (exact) mass is 398 g/mol. The summed E-state index contributed by atoms with van der Waals surface area (Å²) in [5.74, 6) is -1.35. The molecule has 160 valence electrons. The summed E-state index contributed by atoms with van der Waals surface area (Å²) in [6.45, 7) is 8.19. The van der Waals surface area contributed by atoms with Crippen LogP contribution < -0.4 is 10.6 Å². The lowest BCUT2D eigenvalue weighted by Crippen LogP contribution is -2.55. The van der Waals surface area contributed by atoms with Gasteiger partial charge in [-0.2, -0.15) is 0 Å². The van der Waals surface area contributed by atoms with Crippen LogP contribution in [0.3, 0.4) is 0 Å². The van der Waals surface area contributed by atoms with Gasteiger partial charge in [-0.05, 0) is 39.0 Å². The molecule has 0 aromatic carbocycles. The Morgan fingerprint density at radius 3 is 2.71 bits per heavy atom. The Morgan fingerprint density at radius 1 is 1.36 bits per heavy atom. The summed E-state index contributed by atoms with van der Waals surface area (Å²) >= 11 is 0. The number of hydrogen-bond donors (Lipinski definition) is 3. The van der Waals surface area contributed by atoms with Crippen molar-refractivity contribution in [1.82, 2.24) is 10.6 Å². The highest BCUT2D eigenvalue weighted by atomic mass is 16.8. The zero-order chi connectivity index (χ0) is 20.9. The van der Waals surface area contributed by atoms with Gasteiger partial charge in [0.1, 0.15) is 24.4 Å². The number of amides is 2. The Balaban J connectivity index is 2.10. The van der Waals surface area contributed by atoms with Gasteiger partial charge in [0.15, 0.2) is 11.9 Å². The van der Waals surface area contributed by atoms with Crippen molar-refractivity contribution in [1.29, 1.82) is 0 Å². The fourth-order valence-corrected chi connectivity index (χ4v) is 3.47. The minimum atomic E-state index is -1.26. The summed E-state index contributed by atoms with van der Waals surface area (Å²) in [7, 11) is 1.35. The molecule has 8 nitrogen and oxygen atoms in total. The predicted molar refractivity (Wildman–Crippen MR) is 103 cm³/mol. The maximum absolute atomic E-state index is 12.7. The Hall–Kier alpha value is -1.48. The molecule has 2 fully saturated rings. The summed E-state index contributed by atoms with van der Waals surface area (Å²) in [6.07, 6.45) is 2.34. The molecule has 5 atom stereocenters. The minimum absolute atomic E-state index is 0.213. The van der Waals surface area contributed by atoms with Crippen molar-refractivity contribution in [3.63, 3.8) is 0 Å². The van der Waals surface area contributed by atoms with Crippen LogP contribution in [0.15, 0.2) is 12.2 Å². The van der Waals surface area contributed by atoms with Gasteiger partial charge in [0, 0.05) is 13.7 Å². The number of rotatable bonds is 7. The van der Waals surface area contributed by atoms with Crippen LogP contribution >= 0.6 is 0 Å². The number of aliphatic hydroxyl groups is 1. The van der Waals surface area contributed by atoms with Gasteiger partial charge in [-0.25, -0.2) is 0 Å². The number of aliphatic hydroxyl groups excluding tert-OH is 1. The maximum atomic E-state index is 12.7. The van der Waals surface area contributed by atoms with E-state index >= 15 is 0 Å². The molecular weight excluding hydrogens is 364 g/mol. The van der Waals surface area contributed by atoms with Crippen LogP contribution in [-0.4, -0.2) is 66.8 Å². The standard InChI is InChI=1S/C20H34N2O6/c1-12(2)9-10-14-16(28-20(3,4)27-14)15(23)17(26-5)19(25)22-13-8-6-7-11-21-18(13)24/h9-10,12-17,23H,6-8,11H2,1-5H3,(H,21,24)(H,22,25)/b10-9+/t13-,14+,15-,16-,17-/m0/s1. The largest absolute Gasteiger partial charge is 0.387 e. The Kier molecular flexibility index (Phi) is 8.00. The van der Waals surface area contributed by atoms with Gasteiger partial charge in [-0.3, -0.25) is 9.59 Å². The number of ether oxygens (including phenoxy) is 3. The van der Waals surface area contributed by atoms with E-state index in [0.717, 1.165) is 12.8 Å². The van der Waals surface area contributed by atoms with E-state index in [9.17, 15) is 14.7 Å². The van der Waals surface area contributed by atoms with E-state index in [1.54, 1.807) is 13.8 Å². The molecule has 2 saturated heterocycles. The first-order valence-corrected chi connectivity index (χ1v) is 9.97. The second-order valence-corrected chi connectivity index (χ2v) is 8.19. The van der Waals surface area contributed by atoms with Gasteiger partial charge in [-0.15, -0.1) is 0 Å². The van der Waals surface area contributed by atoms with Gasteiger partial charge in [0.05, 0.1) is 0 Å². The number of allylic oxidation sites excluding steroid dienone is 1. The van der Waals surface area contributed by atoms with Crippen molar-refractivity contribution in [2.75, 3.05) is 13.7 Å². The van der Waals surface area contributed by atoms with E-state index < -0.39 is 42.2 Å². The topological polar surface area (TPSA) is 106 Å². The van der Waals surface area contributed by atoms with E-state index in [1.165, 1.54) is 7.11 Å². The highest BCUT2D eigenvalue weighted by Gasteiger charge is 2.47. The van der Waals surface area contributed by atoms with Crippen molar-refractivity contribution in [3.8, 4) is 0 Å². The van der Waals surface area contributed by atoms with E-state index in [-0.39, 0.29) is 5.91 Å². The highest BCUT2D eigenvalue weighted by molar-refractivity contribution is 5.89. The number of carbonyl (C=O) groups excluding carboxylic acids is 2. The first-order valence-electron chi connectivity index (χ1n) is 9.97. The Bertz CT molecular complexity index is 577. The van der Waals surface area contributed by atoms with Crippen LogP contribution in [0, 0.1) is 5.92 Å². The average molecular weight is 399 g/mol. The van der Waals surface area contributed by atoms with E-state index in [4.69, 9.17) is 14.2 Å². The predicted octanol–water partition coefficient (Wildman–Crippen LogP) is 0.880. The molecule has 0 spiro atoms. The zero-order valence-electron chi connectivity index (χ0n) is 17.4. The average Bonchev–Trinajstić information content (AvgIpc) is 2.79. The van der Waals surface area contributed by atoms with Crippen LogP contribution in [0.25, 0.3) is 0 Å². The van der Waals surface area contributed by atoms with Gasteiger partial charge in [-0.1, -0.05) is 26.0 Å². The quantitative estimate of drug-likeness (QED) is 0.550. The van der Waals surface area contributed by atoms with Crippen molar-refractivity contribution in [2.24, 2.45) is 5.92 Å². The third-order valence-electron chi connectivity index (χ3n) is 4.86. The molecule has 0 bridgehead atoms. The third kappa shape index (κ3) is 6.01. The molecule has 0 aromatic heterocycles. The summed E-state index contributed by atoms with van der Waals surface area (Å²) in [5, 5.41) is 16.3. The fourth-order valence-electron chi connectivity index (χ4n) is 3.47. The van der Waals surface area contributed by atoms with Gasteiger partial charge >= 0.3 is 0 Å². The lowest BCUT2D eigenvalue weighted by Gasteiger charge is -2.28. The van der Waals surface area contributed by atoms with Gasteiger partial charge in [0.25, 0.3) is 5.91 Å². The van der Waals surface area contributed by atoms with Crippen molar-refractivity contribution in [3.05, 3.63) is 12.2 Å². The van der Waals surface area contributed by atoms with Gasteiger partial charge < -0.3 is 30.0 Å². The lowest BCUT2D eigenvalue weighted by atomic mass is 10.0. The van der Waals surface area contributed by atoms with Crippen LogP contribution in [-0.2, 0) is 23.8 Å². The zero-order valence-corrected chi connectivity index (χ0v) is 17.4. The molecular formula is C20H34N2O6. The summed E-state index contributed by atoms with van der Waals surface area (Å²) < 4.78 is 17.0. The molecule has 2 aliphatic heterocycles. The van der Waals surface area contributed by atoms with Crippen molar-refractivity contribution < 1.29 is 28.9 Å². The normalized spacial score (nSPS) is 30.1. The van der Waals surface area contributed by atoms with Crippen molar-refractivity contribution in [2.45, 2.75) is 83.2 Å². The van der Waals surface area contributed by atoms with E-state index in [2.05, 4.69) is 10.6 Å². The van der Waals surface area contributed by atoms with Crippen LogP contribution in [0.4, 0.5) is 0 Å². The molecule has 28 heavy (non-hydrogen) atoms. The molecule has 2 heterocycles. The molecule has 2 rings (SSSR count). The van der Waals surface area contributed by atoms with E-state index in [0.29, 0.717) is 18.9 Å². The second-order valence-electron chi connectivity index (χ2n) is 8.19. The number of nitrogens with one attached hydrogen (secondary N) is 2. The molecule has 3 N–H and O–H groups in total. The molecule has 0 saturated carbocycles. The fraction of sp³-hybridized carbons (Fsp3) is 0.800. The third-order valence-corrected chi connectivity index (χ3v) is 4.86. The summed E-state index contributed by atoms with van der Waals surface area (Å²) in [5.41, 5.74) is 0. The second kappa shape index (κ2) is 9.82. The number of methoxy groups -OCH3 is 1. The number of hydrogen-bond acceptors (Lipinski definition) is 6. The minimum Gasteiger partial charge on any atom is -0.387 e. The summed E-state index contributed by atoms with van der Waals surface area (Å²) in [6, 6.07) is -0.631.